The van der Waals surface area contributed by atoms with E-state index in [1.165, 1.54) is 0 Å². The summed E-state index contributed by atoms with van der Waals surface area (Å²) in [7, 11) is 0. The molecule has 0 radical (unpaired) electrons. The first-order chi connectivity index (χ1) is 17.4. The molecule has 0 aromatic heterocycles. The number of fused-ring (bicyclic) bond motifs is 1. The second-order valence-electron chi connectivity index (χ2n) is 9.08. The van der Waals surface area contributed by atoms with Gasteiger partial charge >= 0.3 is 29.6 Å². The molecule has 6 nitrogen and oxygen atoms in total. The number of nitrogens with one attached hydrogen (secondary N) is 1. The number of hydrogen-bond donors (Lipinski definition) is 1. The van der Waals surface area contributed by atoms with Crippen LogP contribution in [0, 0.1) is 0 Å². The Morgan fingerprint density at radius 1 is 1.00 bits per heavy atom. The monoisotopic (exact) mass is 547 g/mol. The second kappa shape index (κ2) is 12.1. The smallest absolute Gasteiger partial charge is 0.549 e. The van der Waals surface area contributed by atoms with E-state index in [-0.39, 0.29) is 35.5 Å². The van der Waals surface area contributed by atoms with Crippen LogP contribution in [0.15, 0.2) is 54.6 Å². The van der Waals surface area contributed by atoms with Crippen molar-refractivity contribution in [3.05, 3.63) is 86.9 Å². The van der Waals surface area contributed by atoms with Crippen molar-refractivity contribution >= 4 is 35.1 Å². The van der Waals surface area contributed by atoms with E-state index in [0.29, 0.717) is 70.3 Å². The van der Waals surface area contributed by atoms with Gasteiger partial charge in [0.15, 0.2) is 0 Å². The Bertz CT molecular complexity index is 1310. The molecule has 186 valence electrons. The third-order valence-electron chi connectivity index (χ3n) is 6.52. The van der Waals surface area contributed by atoms with Crippen molar-refractivity contribution in [3.8, 4) is 17.2 Å². The van der Waals surface area contributed by atoms with E-state index in [1.807, 2.05) is 12.1 Å². The normalized spacial score (nSPS) is 16.1. The minimum atomic E-state index is -1.08. The van der Waals surface area contributed by atoms with Crippen LogP contribution in [0.25, 0.3) is 0 Å². The Balaban J connectivity index is 0.00000320. The van der Waals surface area contributed by atoms with E-state index >= 15 is 0 Å². The molecular formula is C28H24Cl2NNaO5. The van der Waals surface area contributed by atoms with Gasteiger partial charge in [0.2, 0.25) is 0 Å². The Labute approximate surface area is 247 Å². The molecule has 1 N–H and O–H groups in total. The third-order valence-corrected chi connectivity index (χ3v) is 7.11. The van der Waals surface area contributed by atoms with E-state index in [1.54, 1.807) is 42.5 Å². The summed E-state index contributed by atoms with van der Waals surface area (Å²) in [6.07, 6.45) is 3.06. The summed E-state index contributed by atoms with van der Waals surface area (Å²) in [5, 5.41) is 15.6. The fourth-order valence-electron chi connectivity index (χ4n) is 4.42. The fourth-order valence-corrected chi connectivity index (χ4v) is 4.92. The molecule has 1 atom stereocenters. The van der Waals surface area contributed by atoms with Crippen LogP contribution in [0.4, 0.5) is 0 Å². The zero-order valence-corrected chi connectivity index (χ0v) is 23.9. The number of carbonyl (C=O) groups is 2. The third kappa shape index (κ3) is 6.62. The van der Waals surface area contributed by atoms with Gasteiger partial charge in [-0.25, -0.2) is 0 Å². The maximum absolute atomic E-state index is 12.6. The summed E-state index contributed by atoms with van der Waals surface area (Å²) in [5.74, 6) is 0.135. The minimum Gasteiger partial charge on any atom is -0.549 e. The minimum absolute atomic E-state index is 0. The van der Waals surface area contributed by atoms with E-state index in [4.69, 9.17) is 32.7 Å². The van der Waals surface area contributed by atoms with Crippen molar-refractivity contribution in [2.45, 2.75) is 37.5 Å². The second-order valence-corrected chi connectivity index (χ2v) is 9.92. The molecule has 0 spiro atoms. The molecule has 0 bridgehead atoms. The van der Waals surface area contributed by atoms with Crippen LogP contribution in [-0.2, 0) is 11.2 Å². The zero-order valence-electron chi connectivity index (χ0n) is 20.4. The van der Waals surface area contributed by atoms with Crippen molar-refractivity contribution in [3.63, 3.8) is 0 Å². The van der Waals surface area contributed by atoms with Crippen molar-refractivity contribution in [1.82, 2.24) is 5.32 Å². The number of ether oxygens (including phenoxy) is 2. The molecule has 9 heteroatoms. The summed E-state index contributed by atoms with van der Waals surface area (Å²) >= 11 is 12.1. The maximum Gasteiger partial charge on any atom is 1.00 e. The first-order valence-corrected chi connectivity index (χ1v) is 12.7. The van der Waals surface area contributed by atoms with Gasteiger partial charge in [-0.1, -0.05) is 29.3 Å². The number of benzene rings is 3. The number of rotatable bonds is 8. The van der Waals surface area contributed by atoms with Crippen molar-refractivity contribution in [2.24, 2.45) is 0 Å². The first kappa shape index (κ1) is 27.8. The van der Waals surface area contributed by atoms with Gasteiger partial charge < -0.3 is 24.7 Å². The van der Waals surface area contributed by atoms with Gasteiger partial charge in [0.1, 0.15) is 17.2 Å². The Morgan fingerprint density at radius 3 is 2.43 bits per heavy atom. The summed E-state index contributed by atoms with van der Waals surface area (Å²) in [4.78, 5) is 24.2. The molecule has 3 aromatic rings. The van der Waals surface area contributed by atoms with Crippen molar-refractivity contribution < 1.29 is 53.7 Å². The molecule has 3 aromatic carbocycles. The van der Waals surface area contributed by atoms with E-state index in [9.17, 15) is 14.7 Å². The van der Waals surface area contributed by atoms with Gasteiger partial charge in [0, 0.05) is 45.7 Å². The van der Waals surface area contributed by atoms with Gasteiger partial charge in [0.25, 0.3) is 5.91 Å². The molecule has 1 fully saturated rings. The fraction of sp³-hybridized carbons (Fsp3) is 0.286. The van der Waals surface area contributed by atoms with E-state index in [2.05, 4.69) is 5.32 Å². The quantitative estimate of drug-likeness (QED) is 0.437. The summed E-state index contributed by atoms with van der Waals surface area (Å²) in [6, 6.07) is 15.9. The average molecular weight is 548 g/mol. The van der Waals surface area contributed by atoms with Crippen LogP contribution in [0.5, 0.6) is 17.2 Å². The number of aliphatic carboxylic acids is 1. The van der Waals surface area contributed by atoms with Crippen LogP contribution < -0.4 is 49.5 Å². The molecule has 0 saturated heterocycles. The summed E-state index contributed by atoms with van der Waals surface area (Å²) in [6.45, 7) is 0.757. The standard InChI is InChI=1S/C28H25Cl2NO5.Na/c29-19-6-3-17(24(30)13-19)9-11-31-27(32)18-4-7-20(8-5-18)36-26-15-25-23(14-22(26)16-1-2-16)21(28(33)34)10-12-35-25;/h3-8,13-16,21H,1-2,9-12H2,(H,31,32)(H,33,34);/q;+1/p-1. The molecule has 5 rings (SSSR count). The molecule has 2 aliphatic rings. The van der Waals surface area contributed by atoms with Gasteiger partial charge in [0.05, 0.1) is 6.61 Å². The van der Waals surface area contributed by atoms with Gasteiger partial charge in [-0.15, -0.1) is 0 Å². The SMILES string of the molecule is O=C(NCCc1ccc(Cl)cc1Cl)c1ccc(Oc2cc3c(cc2C2CC2)C(C(=O)[O-])CCO3)cc1.[Na+]. The summed E-state index contributed by atoms with van der Waals surface area (Å²) < 4.78 is 11.9. The number of halogens is 2. The first-order valence-electron chi connectivity index (χ1n) is 11.9. The Hall–Kier alpha value is -2.22. The van der Waals surface area contributed by atoms with E-state index in [0.717, 1.165) is 24.0 Å². The van der Waals surface area contributed by atoms with Crippen LogP contribution in [-0.4, -0.2) is 25.0 Å². The number of hydrogen-bond acceptors (Lipinski definition) is 5. The van der Waals surface area contributed by atoms with Gasteiger partial charge in [-0.2, -0.15) is 0 Å². The topological polar surface area (TPSA) is 87.7 Å². The summed E-state index contributed by atoms with van der Waals surface area (Å²) in [5.41, 5.74) is 3.06. The molecular weight excluding hydrogens is 524 g/mol. The molecule has 1 aliphatic heterocycles. The molecule has 1 saturated carbocycles. The maximum atomic E-state index is 12.6. The number of carbonyl (C=O) groups excluding carboxylic acids is 2. The van der Waals surface area contributed by atoms with Crippen molar-refractivity contribution in [1.29, 1.82) is 0 Å². The largest absolute Gasteiger partial charge is 1.00 e. The molecule has 1 heterocycles. The number of carboxylic acid groups (broad SMARTS) is 1. The number of carboxylic acids is 1. The van der Waals surface area contributed by atoms with Crippen LogP contribution in [0.3, 0.4) is 0 Å². The van der Waals surface area contributed by atoms with E-state index < -0.39 is 11.9 Å². The van der Waals surface area contributed by atoms with Crippen LogP contribution in [0.1, 0.15) is 58.1 Å². The number of amides is 1. The van der Waals surface area contributed by atoms with Crippen molar-refractivity contribution in [2.75, 3.05) is 13.2 Å². The Morgan fingerprint density at radius 2 is 1.76 bits per heavy atom. The molecule has 1 amide bonds. The average Bonchev–Trinajstić information content (AvgIpc) is 3.70. The molecule has 37 heavy (non-hydrogen) atoms. The Kier molecular flexibility index (Phi) is 9.09. The van der Waals surface area contributed by atoms with Crippen LogP contribution in [0.2, 0.25) is 10.0 Å². The van der Waals surface area contributed by atoms with Gasteiger partial charge in [-0.05, 0) is 85.2 Å². The van der Waals surface area contributed by atoms with Gasteiger partial charge in [-0.3, -0.25) is 4.79 Å². The molecule has 1 aliphatic carbocycles. The predicted octanol–water partition coefficient (Wildman–Crippen LogP) is 2.26. The zero-order chi connectivity index (χ0) is 25.2. The molecule has 1 unspecified atom stereocenters. The predicted molar refractivity (Wildman–Crippen MR) is 135 cm³/mol. The van der Waals surface area contributed by atoms with Crippen LogP contribution >= 0.6 is 23.2 Å².